The average molecular weight is 290 g/mol. The second-order valence-corrected chi connectivity index (χ2v) is 5.89. The first-order chi connectivity index (χ1) is 10.2. The summed E-state index contributed by atoms with van der Waals surface area (Å²) in [6.45, 7) is 2.35. The van der Waals surface area contributed by atoms with Crippen LogP contribution in [0.1, 0.15) is 39.0 Å². The lowest BCUT2D eigenvalue weighted by Crippen LogP contribution is -2.27. The van der Waals surface area contributed by atoms with E-state index in [-0.39, 0.29) is 12.5 Å². The Morgan fingerprint density at radius 2 is 1.81 bits per heavy atom. The number of hydrogen-bond donors (Lipinski definition) is 2. The van der Waals surface area contributed by atoms with Gasteiger partial charge >= 0.3 is 0 Å². The zero-order chi connectivity index (χ0) is 15.1. The van der Waals surface area contributed by atoms with E-state index in [1.807, 2.05) is 24.3 Å². The number of carbonyl (C=O) groups excluding carboxylic acids is 1. The fourth-order valence-electron chi connectivity index (χ4n) is 2.99. The number of rotatable bonds is 6. The number of methoxy groups -OCH3 is 1. The van der Waals surface area contributed by atoms with Crippen molar-refractivity contribution in [2.75, 3.05) is 24.4 Å². The third-order valence-electron chi connectivity index (χ3n) is 4.20. The molecule has 1 aromatic rings. The highest BCUT2D eigenvalue weighted by atomic mass is 16.5. The van der Waals surface area contributed by atoms with Crippen molar-refractivity contribution in [2.45, 2.75) is 45.1 Å². The Hall–Kier alpha value is -1.55. The average Bonchev–Trinajstić information content (AvgIpc) is 2.50. The van der Waals surface area contributed by atoms with Crippen LogP contribution >= 0.6 is 0 Å². The van der Waals surface area contributed by atoms with E-state index in [9.17, 15) is 4.79 Å². The van der Waals surface area contributed by atoms with Crippen LogP contribution in [0.5, 0.6) is 0 Å². The summed E-state index contributed by atoms with van der Waals surface area (Å²) in [6.07, 6.45) is 6.78. The zero-order valence-corrected chi connectivity index (χ0v) is 13.0. The molecule has 21 heavy (non-hydrogen) atoms. The summed E-state index contributed by atoms with van der Waals surface area (Å²) >= 11 is 0. The molecule has 1 aromatic carbocycles. The van der Waals surface area contributed by atoms with E-state index in [4.69, 9.17) is 4.74 Å². The third-order valence-corrected chi connectivity index (χ3v) is 4.20. The Morgan fingerprint density at radius 3 is 2.43 bits per heavy atom. The van der Waals surface area contributed by atoms with E-state index in [1.54, 1.807) is 0 Å². The molecule has 0 heterocycles. The first-order valence-electron chi connectivity index (χ1n) is 7.84. The first kappa shape index (κ1) is 15.8. The predicted molar refractivity (Wildman–Crippen MR) is 86.6 cm³/mol. The van der Waals surface area contributed by atoms with Crippen molar-refractivity contribution in [3.8, 4) is 0 Å². The van der Waals surface area contributed by atoms with Gasteiger partial charge in [-0.1, -0.05) is 19.3 Å². The lowest BCUT2D eigenvalue weighted by molar-refractivity contribution is -0.119. The minimum absolute atomic E-state index is 0.0821. The van der Waals surface area contributed by atoms with Gasteiger partial charge in [0.05, 0.1) is 0 Å². The second-order valence-electron chi connectivity index (χ2n) is 5.89. The Labute approximate surface area is 127 Å². The monoisotopic (exact) mass is 290 g/mol. The van der Waals surface area contributed by atoms with Gasteiger partial charge in [0.2, 0.25) is 5.91 Å². The maximum absolute atomic E-state index is 11.4. The number of amides is 1. The van der Waals surface area contributed by atoms with Gasteiger partial charge in [0.25, 0.3) is 0 Å². The molecule has 0 aromatic heterocycles. The zero-order valence-electron chi connectivity index (χ0n) is 13.0. The summed E-state index contributed by atoms with van der Waals surface area (Å²) in [5, 5.41) is 6.37. The molecule has 1 unspecified atom stereocenters. The highest BCUT2D eigenvalue weighted by Gasteiger charge is 2.19. The van der Waals surface area contributed by atoms with Gasteiger partial charge in [0, 0.05) is 24.5 Å². The van der Waals surface area contributed by atoms with Crippen molar-refractivity contribution in [1.29, 1.82) is 0 Å². The molecule has 1 aliphatic rings. The van der Waals surface area contributed by atoms with Crippen molar-refractivity contribution < 1.29 is 9.53 Å². The molecular formula is C17H26N2O2. The molecule has 1 aliphatic carbocycles. The lowest BCUT2D eigenvalue weighted by Gasteiger charge is -2.29. The van der Waals surface area contributed by atoms with Gasteiger partial charge < -0.3 is 15.4 Å². The predicted octanol–water partition coefficient (Wildman–Crippen LogP) is 3.65. The largest absolute Gasteiger partial charge is 0.382 e. The highest BCUT2D eigenvalue weighted by Crippen LogP contribution is 2.28. The van der Waals surface area contributed by atoms with Crippen molar-refractivity contribution in [2.24, 2.45) is 5.92 Å². The lowest BCUT2D eigenvalue weighted by atomic mass is 9.84. The fraction of sp³-hybridized carbons (Fsp3) is 0.588. The first-order valence-corrected chi connectivity index (χ1v) is 7.84. The van der Waals surface area contributed by atoms with Crippen molar-refractivity contribution >= 4 is 17.3 Å². The SMILES string of the molecule is COCC(=O)Nc1ccc(NC(C)C2CCCCC2)cc1. The molecule has 1 saturated carbocycles. The van der Waals surface area contributed by atoms with Crippen LogP contribution in [0.3, 0.4) is 0 Å². The molecule has 0 saturated heterocycles. The summed E-state index contributed by atoms with van der Waals surface area (Å²) < 4.78 is 4.79. The quantitative estimate of drug-likeness (QED) is 0.840. The summed E-state index contributed by atoms with van der Waals surface area (Å²) in [7, 11) is 1.51. The molecule has 4 heteroatoms. The Kier molecular flexibility index (Phi) is 6.05. The molecular weight excluding hydrogens is 264 g/mol. The van der Waals surface area contributed by atoms with Gasteiger partial charge in [-0.2, -0.15) is 0 Å². The van der Waals surface area contributed by atoms with Gasteiger partial charge in [-0.25, -0.2) is 0 Å². The number of carbonyl (C=O) groups is 1. The highest BCUT2D eigenvalue weighted by molar-refractivity contribution is 5.91. The van der Waals surface area contributed by atoms with E-state index in [1.165, 1.54) is 39.2 Å². The van der Waals surface area contributed by atoms with Gasteiger partial charge in [-0.15, -0.1) is 0 Å². The topological polar surface area (TPSA) is 50.4 Å². The molecule has 0 spiro atoms. The minimum atomic E-state index is -0.131. The van der Waals surface area contributed by atoms with Crippen molar-refractivity contribution in [3.05, 3.63) is 24.3 Å². The number of ether oxygens (including phenoxy) is 1. The van der Waals surface area contributed by atoms with Crippen LogP contribution < -0.4 is 10.6 Å². The smallest absolute Gasteiger partial charge is 0.250 e. The molecule has 1 fully saturated rings. The van der Waals surface area contributed by atoms with Crippen LogP contribution in [0.4, 0.5) is 11.4 Å². The second kappa shape index (κ2) is 8.03. The van der Waals surface area contributed by atoms with Crippen LogP contribution in [0.2, 0.25) is 0 Å². The van der Waals surface area contributed by atoms with Gasteiger partial charge in [-0.3, -0.25) is 4.79 Å². The molecule has 2 rings (SSSR count). The Morgan fingerprint density at radius 1 is 1.19 bits per heavy atom. The summed E-state index contributed by atoms with van der Waals surface area (Å²) in [5.74, 6) is 0.647. The Bertz CT molecular complexity index is 439. The third kappa shape index (κ3) is 5.05. The molecule has 2 N–H and O–H groups in total. The van der Waals surface area contributed by atoms with Crippen molar-refractivity contribution in [3.63, 3.8) is 0 Å². The van der Waals surface area contributed by atoms with Crippen LogP contribution in [-0.2, 0) is 9.53 Å². The van der Waals surface area contributed by atoms with Crippen LogP contribution in [0.15, 0.2) is 24.3 Å². The molecule has 116 valence electrons. The van der Waals surface area contributed by atoms with E-state index in [0.29, 0.717) is 6.04 Å². The molecule has 0 bridgehead atoms. The number of anilines is 2. The fourth-order valence-corrected chi connectivity index (χ4v) is 2.99. The van der Waals surface area contributed by atoms with Gasteiger partial charge in [-0.05, 0) is 49.9 Å². The molecule has 0 radical (unpaired) electrons. The standard InChI is InChI=1S/C17H26N2O2/c1-13(14-6-4-3-5-7-14)18-15-8-10-16(11-9-15)19-17(20)12-21-2/h8-11,13-14,18H,3-7,12H2,1-2H3,(H,19,20). The number of hydrogen-bond acceptors (Lipinski definition) is 3. The van der Waals surface area contributed by atoms with Gasteiger partial charge in [0.15, 0.2) is 0 Å². The summed E-state index contributed by atoms with van der Waals surface area (Å²) in [6, 6.07) is 8.37. The molecule has 1 atom stereocenters. The molecule has 1 amide bonds. The van der Waals surface area contributed by atoms with Gasteiger partial charge in [0.1, 0.15) is 6.61 Å². The van der Waals surface area contributed by atoms with Crippen molar-refractivity contribution in [1.82, 2.24) is 0 Å². The maximum Gasteiger partial charge on any atom is 0.250 e. The summed E-state index contributed by atoms with van der Waals surface area (Å²) in [4.78, 5) is 11.4. The van der Waals surface area contributed by atoms with Crippen LogP contribution in [0, 0.1) is 5.92 Å². The number of benzene rings is 1. The van der Waals surface area contributed by atoms with E-state index < -0.39 is 0 Å². The maximum atomic E-state index is 11.4. The van der Waals surface area contributed by atoms with E-state index >= 15 is 0 Å². The molecule has 0 aliphatic heterocycles. The van der Waals surface area contributed by atoms with Crippen LogP contribution in [0.25, 0.3) is 0 Å². The minimum Gasteiger partial charge on any atom is -0.382 e. The van der Waals surface area contributed by atoms with E-state index in [0.717, 1.165) is 17.3 Å². The summed E-state index contributed by atoms with van der Waals surface area (Å²) in [5.41, 5.74) is 1.91. The Balaban J connectivity index is 1.85. The molecule has 4 nitrogen and oxygen atoms in total. The van der Waals surface area contributed by atoms with E-state index in [2.05, 4.69) is 17.6 Å². The van der Waals surface area contributed by atoms with Crippen LogP contribution in [-0.4, -0.2) is 25.7 Å². The number of nitrogens with one attached hydrogen (secondary N) is 2. The normalized spacial score (nSPS) is 17.2.